The predicted molar refractivity (Wildman–Crippen MR) is 76.9 cm³/mol. The molecule has 19 heavy (non-hydrogen) atoms. The Balaban J connectivity index is 1.49. The van der Waals surface area contributed by atoms with E-state index in [4.69, 9.17) is 5.26 Å². The van der Waals surface area contributed by atoms with Gasteiger partial charge in [0.15, 0.2) is 0 Å². The molecule has 1 fully saturated rings. The van der Waals surface area contributed by atoms with Crippen LogP contribution in [0.1, 0.15) is 42.4 Å². The van der Waals surface area contributed by atoms with E-state index in [2.05, 4.69) is 29.6 Å². The average Bonchev–Trinajstić information content (AvgIpc) is 3.24. The summed E-state index contributed by atoms with van der Waals surface area (Å²) in [5.74, 6) is 0. The van der Waals surface area contributed by atoms with Crippen LogP contribution in [0.3, 0.4) is 0 Å². The molecule has 0 bridgehead atoms. The molecule has 1 saturated carbocycles. The number of rotatable bonds is 5. The molecule has 1 N–H and O–H groups in total. The maximum Gasteiger partial charge on any atom is 0.0703 e. The first-order valence-corrected chi connectivity index (χ1v) is 7.54. The van der Waals surface area contributed by atoms with Gasteiger partial charge in [-0.15, -0.1) is 0 Å². The van der Waals surface area contributed by atoms with Crippen LogP contribution in [0.25, 0.3) is 0 Å². The van der Waals surface area contributed by atoms with Gasteiger partial charge in [-0.25, -0.2) is 0 Å². The Hall–Kier alpha value is -1.33. The fraction of sp³-hybridized carbons (Fsp3) is 0.588. The van der Waals surface area contributed by atoms with Gasteiger partial charge in [0.05, 0.1) is 11.5 Å². The molecule has 0 amide bonds. The van der Waals surface area contributed by atoms with E-state index in [9.17, 15) is 0 Å². The SMILES string of the molecule is N#CC1(CNCCc2ccc3c(c2)CCCC3)CC1. The van der Waals surface area contributed by atoms with Crippen molar-refractivity contribution in [2.45, 2.75) is 44.9 Å². The number of benzene rings is 1. The van der Waals surface area contributed by atoms with Crippen LogP contribution in [-0.2, 0) is 19.3 Å². The summed E-state index contributed by atoms with van der Waals surface area (Å²) in [6, 6.07) is 9.43. The Morgan fingerprint density at radius 3 is 2.68 bits per heavy atom. The summed E-state index contributed by atoms with van der Waals surface area (Å²) in [7, 11) is 0. The second kappa shape index (κ2) is 5.35. The highest BCUT2D eigenvalue weighted by Gasteiger charge is 2.42. The standard InChI is InChI=1S/C17H22N2/c18-12-17(8-9-17)13-19-10-7-14-5-6-15-3-1-2-4-16(15)11-14/h5-6,11,19H,1-4,7-10,13H2. The van der Waals surface area contributed by atoms with Gasteiger partial charge in [0.1, 0.15) is 0 Å². The summed E-state index contributed by atoms with van der Waals surface area (Å²) in [6.07, 6.45) is 8.45. The molecular weight excluding hydrogens is 232 g/mol. The molecule has 0 aliphatic heterocycles. The summed E-state index contributed by atoms with van der Waals surface area (Å²) >= 11 is 0. The van der Waals surface area contributed by atoms with Crippen molar-refractivity contribution in [1.82, 2.24) is 5.32 Å². The highest BCUT2D eigenvalue weighted by Crippen LogP contribution is 2.43. The minimum Gasteiger partial charge on any atom is -0.315 e. The number of aryl methyl sites for hydroxylation is 2. The fourth-order valence-corrected chi connectivity index (χ4v) is 2.98. The van der Waals surface area contributed by atoms with Gasteiger partial charge in [-0.1, -0.05) is 18.2 Å². The molecule has 2 nitrogen and oxygen atoms in total. The second-order valence-electron chi connectivity index (χ2n) is 6.13. The first-order valence-electron chi connectivity index (χ1n) is 7.54. The second-order valence-corrected chi connectivity index (χ2v) is 6.13. The molecule has 2 aliphatic rings. The van der Waals surface area contributed by atoms with Gasteiger partial charge in [-0.05, 0) is 68.2 Å². The Bertz CT molecular complexity index is 494. The zero-order valence-electron chi connectivity index (χ0n) is 11.5. The molecular formula is C17H22N2. The molecule has 0 saturated heterocycles. The first kappa shape index (κ1) is 12.7. The molecule has 3 rings (SSSR count). The van der Waals surface area contributed by atoms with Crippen LogP contribution in [0.4, 0.5) is 0 Å². The van der Waals surface area contributed by atoms with Gasteiger partial charge in [0.25, 0.3) is 0 Å². The minimum atomic E-state index is -0.0180. The first-order chi connectivity index (χ1) is 9.31. The van der Waals surface area contributed by atoms with E-state index in [1.165, 1.54) is 31.2 Å². The van der Waals surface area contributed by atoms with Gasteiger partial charge in [0.2, 0.25) is 0 Å². The fourth-order valence-electron chi connectivity index (χ4n) is 2.98. The molecule has 0 unspecified atom stereocenters. The molecule has 0 heterocycles. The van der Waals surface area contributed by atoms with Gasteiger partial charge >= 0.3 is 0 Å². The highest BCUT2D eigenvalue weighted by atomic mass is 14.9. The van der Waals surface area contributed by atoms with E-state index in [-0.39, 0.29) is 5.41 Å². The zero-order valence-corrected chi connectivity index (χ0v) is 11.5. The van der Waals surface area contributed by atoms with Crippen molar-refractivity contribution in [2.24, 2.45) is 5.41 Å². The lowest BCUT2D eigenvalue weighted by Gasteiger charge is -2.16. The van der Waals surface area contributed by atoms with Crippen molar-refractivity contribution in [3.63, 3.8) is 0 Å². The van der Waals surface area contributed by atoms with Gasteiger partial charge in [-0.2, -0.15) is 5.26 Å². The molecule has 2 heteroatoms. The van der Waals surface area contributed by atoms with E-state index in [0.29, 0.717) is 0 Å². The Morgan fingerprint density at radius 1 is 1.16 bits per heavy atom. The lowest BCUT2D eigenvalue weighted by molar-refractivity contribution is 0.560. The highest BCUT2D eigenvalue weighted by molar-refractivity contribution is 5.34. The molecule has 0 spiro atoms. The number of nitrogens with one attached hydrogen (secondary N) is 1. The summed E-state index contributed by atoms with van der Waals surface area (Å²) in [5, 5.41) is 12.5. The summed E-state index contributed by atoms with van der Waals surface area (Å²) in [5.41, 5.74) is 4.55. The Labute approximate surface area is 115 Å². The summed E-state index contributed by atoms with van der Waals surface area (Å²) < 4.78 is 0. The molecule has 0 atom stereocenters. The number of hydrogen-bond donors (Lipinski definition) is 1. The molecule has 1 aromatic carbocycles. The van der Waals surface area contributed by atoms with Crippen LogP contribution in [0.15, 0.2) is 18.2 Å². The topological polar surface area (TPSA) is 35.8 Å². The summed E-state index contributed by atoms with van der Waals surface area (Å²) in [4.78, 5) is 0. The van der Waals surface area contributed by atoms with Crippen LogP contribution in [0, 0.1) is 16.7 Å². The quantitative estimate of drug-likeness (QED) is 0.820. The zero-order chi connectivity index (χ0) is 13.1. The Kier molecular flexibility index (Phi) is 3.57. The average molecular weight is 254 g/mol. The Morgan fingerprint density at radius 2 is 1.95 bits per heavy atom. The predicted octanol–water partition coefficient (Wildman–Crippen LogP) is 3.00. The normalized spacial score (nSPS) is 19.5. The van der Waals surface area contributed by atoms with Crippen molar-refractivity contribution in [2.75, 3.05) is 13.1 Å². The molecule has 100 valence electrons. The number of hydrogen-bond acceptors (Lipinski definition) is 2. The molecule has 0 radical (unpaired) electrons. The van der Waals surface area contributed by atoms with Gasteiger partial charge in [0, 0.05) is 6.54 Å². The van der Waals surface area contributed by atoms with Crippen molar-refractivity contribution < 1.29 is 0 Å². The maximum atomic E-state index is 9.02. The van der Waals surface area contributed by atoms with Crippen LogP contribution >= 0.6 is 0 Å². The van der Waals surface area contributed by atoms with Crippen LogP contribution in [0.2, 0.25) is 0 Å². The maximum absolute atomic E-state index is 9.02. The summed E-state index contributed by atoms with van der Waals surface area (Å²) in [6.45, 7) is 1.86. The van der Waals surface area contributed by atoms with E-state index >= 15 is 0 Å². The monoisotopic (exact) mass is 254 g/mol. The third kappa shape index (κ3) is 2.98. The smallest absolute Gasteiger partial charge is 0.0703 e. The third-order valence-electron chi connectivity index (χ3n) is 4.56. The van der Waals surface area contributed by atoms with Crippen molar-refractivity contribution in [3.05, 3.63) is 34.9 Å². The largest absolute Gasteiger partial charge is 0.315 e. The molecule has 0 aromatic heterocycles. The number of fused-ring (bicyclic) bond motifs is 1. The minimum absolute atomic E-state index is 0.0180. The molecule has 1 aromatic rings. The van der Waals surface area contributed by atoms with E-state index in [1.54, 1.807) is 11.1 Å². The van der Waals surface area contributed by atoms with E-state index in [1.807, 2.05) is 0 Å². The molecule has 2 aliphatic carbocycles. The third-order valence-corrected chi connectivity index (χ3v) is 4.56. The van der Waals surface area contributed by atoms with E-state index < -0.39 is 0 Å². The van der Waals surface area contributed by atoms with Gasteiger partial charge < -0.3 is 5.32 Å². The van der Waals surface area contributed by atoms with Crippen LogP contribution < -0.4 is 5.32 Å². The van der Waals surface area contributed by atoms with Crippen LogP contribution in [0.5, 0.6) is 0 Å². The van der Waals surface area contributed by atoms with Crippen molar-refractivity contribution in [1.29, 1.82) is 5.26 Å². The number of nitriles is 1. The lowest BCUT2D eigenvalue weighted by atomic mass is 9.90. The van der Waals surface area contributed by atoms with Crippen molar-refractivity contribution in [3.8, 4) is 6.07 Å². The van der Waals surface area contributed by atoms with Crippen molar-refractivity contribution >= 4 is 0 Å². The van der Waals surface area contributed by atoms with E-state index in [0.717, 1.165) is 32.4 Å². The lowest BCUT2D eigenvalue weighted by Crippen LogP contribution is -2.25. The van der Waals surface area contributed by atoms with Crippen LogP contribution in [-0.4, -0.2) is 13.1 Å². The van der Waals surface area contributed by atoms with Gasteiger partial charge in [-0.3, -0.25) is 0 Å². The number of nitrogens with zero attached hydrogens (tertiary/aromatic N) is 1.